The summed E-state index contributed by atoms with van der Waals surface area (Å²) in [6, 6.07) is 0.765. The molecule has 1 amide bonds. The zero-order valence-electron chi connectivity index (χ0n) is 13.0. The topological polar surface area (TPSA) is 44.4 Å². The molecule has 3 aliphatic heterocycles. The van der Waals surface area contributed by atoms with Gasteiger partial charge in [0.2, 0.25) is 5.91 Å². The number of carbonyl (C=O) groups is 1. The summed E-state index contributed by atoms with van der Waals surface area (Å²) in [5.74, 6) is 3.55. The zero-order chi connectivity index (χ0) is 14.5. The van der Waals surface area contributed by atoms with Gasteiger partial charge < -0.3 is 10.6 Å². The molecule has 21 heavy (non-hydrogen) atoms. The number of nitrogens with zero attached hydrogens (tertiary/aromatic N) is 1. The number of thioether (sulfide) groups is 1. The van der Waals surface area contributed by atoms with Gasteiger partial charge in [-0.05, 0) is 75.6 Å². The monoisotopic (exact) mass is 311 g/mol. The molecule has 3 rings (SSSR count). The van der Waals surface area contributed by atoms with Crippen molar-refractivity contribution in [2.75, 3.05) is 37.7 Å². The molecule has 0 spiro atoms. The summed E-state index contributed by atoms with van der Waals surface area (Å²) in [5, 5.41) is 6.68. The predicted molar refractivity (Wildman–Crippen MR) is 88.7 cm³/mol. The Morgan fingerprint density at radius 1 is 1.14 bits per heavy atom. The van der Waals surface area contributed by atoms with Crippen LogP contribution in [-0.4, -0.2) is 60.6 Å². The molecule has 3 heterocycles. The van der Waals surface area contributed by atoms with Gasteiger partial charge in [0.05, 0.1) is 6.04 Å². The number of hydrogen-bond donors (Lipinski definition) is 2. The highest BCUT2D eigenvalue weighted by molar-refractivity contribution is 7.99. The van der Waals surface area contributed by atoms with E-state index in [1.807, 2.05) is 0 Å². The first-order chi connectivity index (χ1) is 10.3. The lowest BCUT2D eigenvalue weighted by atomic mass is 10.0. The van der Waals surface area contributed by atoms with Crippen LogP contribution < -0.4 is 10.6 Å². The maximum Gasteiger partial charge on any atom is 0.237 e. The van der Waals surface area contributed by atoms with Gasteiger partial charge in [-0.15, -0.1) is 0 Å². The summed E-state index contributed by atoms with van der Waals surface area (Å²) in [5.41, 5.74) is 0. The third kappa shape index (κ3) is 4.14. The zero-order valence-corrected chi connectivity index (χ0v) is 13.8. The highest BCUT2D eigenvalue weighted by Gasteiger charge is 2.35. The number of carbonyl (C=O) groups excluding carboxylic acids is 1. The fourth-order valence-corrected chi connectivity index (χ4v) is 5.16. The number of amides is 1. The number of piperidine rings is 1. The molecule has 3 aliphatic rings. The van der Waals surface area contributed by atoms with E-state index in [4.69, 9.17) is 0 Å². The van der Waals surface area contributed by atoms with Gasteiger partial charge in [0.1, 0.15) is 0 Å². The van der Waals surface area contributed by atoms with Crippen molar-refractivity contribution in [3.05, 3.63) is 0 Å². The van der Waals surface area contributed by atoms with E-state index in [1.54, 1.807) is 0 Å². The van der Waals surface area contributed by atoms with Crippen LogP contribution >= 0.6 is 11.8 Å². The summed E-state index contributed by atoms with van der Waals surface area (Å²) in [7, 11) is 0. The largest absolute Gasteiger partial charge is 0.354 e. The molecule has 5 heteroatoms. The molecule has 0 aromatic carbocycles. The molecule has 3 fully saturated rings. The van der Waals surface area contributed by atoms with Crippen LogP contribution in [0.5, 0.6) is 0 Å². The lowest BCUT2D eigenvalue weighted by Crippen LogP contribution is -2.51. The molecule has 4 nitrogen and oxygen atoms in total. The minimum atomic E-state index is 0.145. The lowest BCUT2D eigenvalue weighted by Gasteiger charge is -2.35. The smallest absolute Gasteiger partial charge is 0.237 e. The molecular weight excluding hydrogens is 282 g/mol. The van der Waals surface area contributed by atoms with Gasteiger partial charge in [-0.25, -0.2) is 0 Å². The van der Waals surface area contributed by atoms with Gasteiger partial charge in [-0.3, -0.25) is 9.69 Å². The Bertz CT molecular complexity index is 340. The van der Waals surface area contributed by atoms with Crippen LogP contribution in [0.3, 0.4) is 0 Å². The van der Waals surface area contributed by atoms with Gasteiger partial charge in [0.15, 0.2) is 0 Å². The van der Waals surface area contributed by atoms with E-state index < -0.39 is 0 Å². The van der Waals surface area contributed by atoms with E-state index in [1.165, 1.54) is 43.6 Å². The third-order valence-electron chi connectivity index (χ3n) is 5.28. The van der Waals surface area contributed by atoms with Crippen molar-refractivity contribution in [2.45, 2.75) is 50.6 Å². The van der Waals surface area contributed by atoms with Crippen molar-refractivity contribution in [3.8, 4) is 0 Å². The second-order valence-corrected chi connectivity index (χ2v) is 7.90. The van der Waals surface area contributed by atoms with E-state index in [0.29, 0.717) is 17.9 Å². The lowest BCUT2D eigenvalue weighted by molar-refractivity contribution is -0.126. The van der Waals surface area contributed by atoms with Crippen LogP contribution in [-0.2, 0) is 4.79 Å². The van der Waals surface area contributed by atoms with E-state index in [0.717, 1.165) is 32.6 Å². The van der Waals surface area contributed by atoms with E-state index in [2.05, 4.69) is 27.3 Å². The maximum absolute atomic E-state index is 12.6. The average Bonchev–Trinajstić information content (AvgIpc) is 3.04. The Balaban J connectivity index is 1.48. The van der Waals surface area contributed by atoms with Crippen LogP contribution in [0.2, 0.25) is 0 Å². The van der Waals surface area contributed by atoms with Crippen molar-refractivity contribution in [3.63, 3.8) is 0 Å². The Morgan fingerprint density at radius 3 is 2.67 bits per heavy atom. The molecule has 120 valence electrons. The standard InChI is InChI=1S/C16H29N3OS/c20-16(18-12-13-5-10-21-11-6-13)15-2-1-9-19(15)14-3-7-17-8-4-14/h13-15,17H,1-12H2,(H,18,20). The summed E-state index contributed by atoms with van der Waals surface area (Å²) < 4.78 is 0. The SMILES string of the molecule is O=C(NCC1CCSCC1)C1CCCN1C1CCNCC1. The minimum absolute atomic E-state index is 0.145. The Labute approximate surface area is 132 Å². The summed E-state index contributed by atoms with van der Waals surface area (Å²) in [4.78, 5) is 15.1. The fraction of sp³-hybridized carbons (Fsp3) is 0.938. The molecule has 0 radical (unpaired) electrons. The van der Waals surface area contributed by atoms with Crippen LogP contribution in [0.4, 0.5) is 0 Å². The van der Waals surface area contributed by atoms with Crippen molar-refractivity contribution in [1.29, 1.82) is 0 Å². The number of hydrogen-bond acceptors (Lipinski definition) is 4. The molecule has 0 bridgehead atoms. The molecule has 3 saturated heterocycles. The van der Waals surface area contributed by atoms with Gasteiger partial charge in [-0.2, -0.15) is 11.8 Å². The first kappa shape index (κ1) is 15.6. The highest BCUT2D eigenvalue weighted by atomic mass is 32.2. The summed E-state index contributed by atoms with van der Waals surface area (Å²) in [6.07, 6.45) is 7.17. The highest BCUT2D eigenvalue weighted by Crippen LogP contribution is 2.25. The van der Waals surface area contributed by atoms with E-state index >= 15 is 0 Å². The molecular formula is C16H29N3OS. The Kier molecular flexibility index (Phi) is 5.83. The molecule has 0 aromatic heterocycles. The average molecular weight is 311 g/mol. The van der Waals surface area contributed by atoms with Gasteiger partial charge >= 0.3 is 0 Å². The molecule has 0 aromatic rings. The Hall–Kier alpha value is -0.260. The number of likely N-dealkylation sites (tertiary alicyclic amines) is 1. The molecule has 2 N–H and O–H groups in total. The first-order valence-corrected chi connectivity index (χ1v) is 9.82. The normalized spacial score (nSPS) is 29.6. The fourth-order valence-electron chi connectivity index (χ4n) is 3.96. The quantitative estimate of drug-likeness (QED) is 0.825. The predicted octanol–water partition coefficient (Wildman–Crippen LogP) is 1.46. The summed E-state index contributed by atoms with van der Waals surface area (Å²) >= 11 is 2.05. The van der Waals surface area contributed by atoms with Gasteiger partial charge in [0.25, 0.3) is 0 Å². The Morgan fingerprint density at radius 2 is 1.90 bits per heavy atom. The van der Waals surface area contributed by atoms with Crippen molar-refractivity contribution in [2.24, 2.45) is 5.92 Å². The van der Waals surface area contributed by atoms with Crippen molar-refractivity contribution >= 4 is 17.7 Å². The maximum atomic E-state index is 12.6. The van der Waals surface area contributed by atoms with Crippen LogP contribution in [0, 0.1) is 5.92 Å². The van der Waals surface area contributed by atoms with E-state index in [-0.39, 0.29) is 6.04 Å². The minimum Gasteiger partial charge on any atom is -0.354 e. The second-order valence-electron chi connectivity index (χ2n) is 6.68. The molecule has 1 unspecified atom stereocenters. The molecule has 0 aliphatic carbocycles. The van der Waals surface area contributed by atoms with Crippen LogP contribution in [0.15, 0.2) is 0 Å². The van der Waals surface area contributed by atoms with Gasteiger partial charge in [-0.1, -0.05) is 0 Å². The van der Waals surface area contributed by atoms with Crippen molar-refractivity contribution < 1.29 is 4.79 Å². The number of nitrogens with one attached hydrogen (secondary N) is 2. The number of rotatable bonds is 4. The first-order valence-electron chi connectivity index (χ1n) is 8.66. The van der Waals surface area contributed by atoms with Crippen LogP contribution in [0.25, 0.3) is 0 Å². The molecule has 1 atom stereocenters. The van der Waals surface area contributed by atoms with Crippen molar-refractivity contribution in [1.82, 2.24) is 15.5 Å². The second kappa shape index (κ2) is 7.84. The molecule has 0 saturated carbocycles. The summed E-state index contributed by atoms with van der Waals surface area (Å²) in [6.45, 7) is 4.23. The van der Waals surface area contributed by atoms with E-state index in [9.17, 15) is 4.79 Å². The third-order valence-corrected chi connectivity index (χ3v) is 6.33. The van der Waals surface area contributed by atoms with Crippen LogP contribution in [0.1, 0.15) is 38.5 Å². The van der Waals surface area contributed by atoms with Gasteiger partial charge in [0, 0.05) is 12.6 Å².